The zero-order chi connectivity index (χ0) is 11.6. The molecule has 1 saturated carbocycles. The summed E-state index contributed by atoms with van der Waals surface area (Å²) >= 11 is 0. The molecule has 16 heavy (non-hydrogen) atoms. The molecule has 1 aliphatic heterocycles. The van der Waals surface area contributed by atoms with Crippen LogP contribution in [0.2, 0.25) is 0 Å². The van der Waals surface area contributed by atoms with E-state index in [2.05, 4.69) is 11.8 Å². The van der Waals surface area contributed by atoms with Gasteiger partial charge >= 0.3 is 0 Å². The number of hydrogen-bond donors (Lipinski definition) is 2. The zero-order valence-corrected chi connectivity index (χ0v) is 10.5. The van der Waals surface area contributed by atoms with Crippen molar-refractivity contribution in [1.29, 1.82) is 0 Å². The van der Waals surface area contributed by atoms with E-state index < -0.39 is 0 Å². The normalized spacial score (nSPS) is 33.2. The molecule has 0 aromatic heterocycles. The van der Waals surface area contributed by atoms with Crippen molar-refractivity contribution < 1.29 is 5.11 Å². The maximum atomic E-state index is 9.24. The van der Waals surface area contributed by atoms with Gasteiger partial charge in [-0.2, -0.15) is 0 Å². The summed E-state index contributed by atoms with van der Waals surface area (Å²) in [4.78, 5) is 2.64. The van der Waals surface area contributed by atoms with Crippen LogP contribution in [-0.2, 0) is 0 Å². The number of nitrogens with zero attached hydrogens (tertiary/aromatic N) is 1. The Kier molecular flexibility index (Phi) is 3.88. The van der Waals surface area contributed by atoms with Gasteiger partial charge in [-0.25, -0.2) is 0 Å². The summed E-state index contributed by atoms with van der Waals surface area (Å²) in [5.41, 5.74) is 5.75. The van der Waals surface area contributed by atoms with Gasteiger partial charge in [0.15, 0.2) is 0 Å². The van der Waals surface area contributed by atoms with E-state index in [4.69, 9.17) is 5.73 Å². The average molecular weight is 226 g/mol. The van der Waals surface area contributed by atoms with E-state index in [1.54, 1.807) is 0 Å². The predicted molar refractivity (Wildman–Crippen MR) is 66.2 cm³/mol. The van der Waals surface area contributed by atoms with Gasteiger partial charge in [0, 0.05) is 18.1 Å². The SMILES string of the molecule is CCC(N)(CO)CCCN1CC2CCC1C2. The summed E-state index contributed by atoms with van der Waals surface area (Å²) < 4.78 is 0. The van der Waals surface area contributed by atoms with Crippen molar-refractivity contribution in [2.75, 3.05) is 19.7 Å². The summed E-state index contributed by atoms with van der Waals surface area (Å²) in [7, 11) is 0. The van der Waals surface area contributed by atoms with E-state index in [1.807, 2.05) is 0 Å². The van der Waals surface area contributed by atoms with Gasteiger partial charge in [0.25, 0.3) is 0 Å². The van der Waals surface area contributed by atoms with Gasteiger partial charge < -0.3 is 15.7 Å². The van der Waals surface area contributed by atoms with Crippen molar-refractivity contribution in [2.24, 2.45) is 11.7 Å². The molecule has 0 spiro atoms. The number of likely N-dealkylation sites (tertiary alicyclic amines) is 1. The number of fused-ring (bicyclic) bond motifs is 2. The van der Waals surface area contributed by atoms with Gasteiger partial charge in [-0.3, -0.25) is 0 Å². The Labute approximate surface area is 99.0 Å². The maximum absolute atomic E-state index is 9.24. The molecular formula is C13H26N2O. The number of aliphatic hydroxyl groups is 1. The molecule has 2 rings (SSSR count). The fourth-order valence-electron chi connectivity index (χ4n) is 3.30. The largest absolute Gasteiger partial charge is 0.394 e. The lowest BCUT2D eigenvalue weighted by atomic mass is 9.92. The second-order valence-corrected chi connectivity index (χ2v) is 5.81. The van der Waals surface area contributed by atoms with Crippen LogP contribution < -0.4 is 5.73 Å². The van der Waals surface area contributed by atoms with Crippen LogP contribution in [-0.4, -0.2) is 41.3 Å². The Morgan fingerprint density at radius 2 is 2.25 bits per heavy atom. The molecule has 0 radical (unpaired) electrons. The number of piperidine rings is 1. The van der Waals surface area contributed by atoms with Crippen molar-refractivity contribution in [3.8, 4) is 0 Å². The Bertz CT molecular complexity index is 228. The quantitative estimate of drug-likeness (QED) is 0.719. The van der Waals surface area contributed by atoms with E-state index in [0.717, 1.165) is 31.2 Å². The average Bonchev–Trinajstić information content (AvgIpc) is 2.91. The first kappa shape index (κ1) is 12.3. The third-order valence-corrected chi connectivity index (χ3v) is 4.66. The highest BCUT2D eigenvalue weighted by Crippen LogP contribution is 2.37. The lowest BCUT2D eigenvalue weighted by molar-refractivity contribution is 0.162. The molecule has 1 saturated heterocycles. The van der Waals surface area contributed by atoms with Crippen molar-refractivity contribution in [3.63, 3.8) is 0 Å². The van der Waals surface area contributed by atoms with E-state index >= 15 is 0 Å². The molecule has 2 fully saturated rings. The van der Waals surface area contributed by atoms with Crippen LogP contribution in [0.1, 0.15) is 45.4 Å². The molecule has 3 nitrogen and oxygen atoms in total. The van der Waals surface area contributed by atoms with Gasteiger partial charge in [0.05, 0.1) is 6.61 Å². The molecular weight excluding hydrogens is 200 g/mol. The molecule has 0 aromatic carbocycles. The van der Waals surface area contributed by atoms with Crippen LogP contribution in [0.15, 0.2) is 0 Å². The fourth-order valence-corrected chi connectivity index (χ4v) is 3.30. The number of rotatable bonds is 6. The fraction of sp³-hybridized carbons (Fsp3) is 1.00. The summed E-state index contributed by atoms with van der Waals surface area (Å²) in [6.07, 6.45) is 7.25. The number of aliphatic hydroxyl groups excluding tert-OH is 1. The molecule has 0 amide bonds. The van der Waals surface area contributed by atoms with Crippen LogP contribution in [0.5, 0.6) is 0 Å². The maximum Gasteiger partial charge on any atom is 0.0611 e. The predicted octanol–water partition coefficient (Wildman–Crippen LogP) is 1.35. The Morgan fingerprint density at radius 1 is 1.44 bits per heavy atom. The van der Waals surface area contributed by atoms with Gasteiger partial charge in [-0.05, 0) is 51.0 Å². The highest BCUT2D eigenvalue weighted by atomic mass is 16.3. The van der Waals surface area contributed by atoms with Gasteiger partial charge in [0.2, 0.25) is 0 Å². The molecule has 94 valence electrons. The van der Waals surface area contributed by atoms with Gasteiger partial charge in [-0.15, -0.1) is 0 Å². The first-order valence-corrected chi connectivity index (χ1v) is 6.80. The molecule has 1 heterocycles. The summed E-state index contributed by atoms with van der Waals surface area (Å²) in [5.74, 6) is 0.983. The molecule has 1 aliphatic carbocycles. The molecule has 2 aliphatic rings. The summed E-state index contributed by atoms with van der Waals surface area (Å²) in [5, 5.41) is 9.24. The van der Waals surface area contributed by atoms with Crippen molar-refractivity contribution in [2.45, 2.75) is 57.0 Å². The first-order chi connectivity index (χ1) is 7.67. The smallest absolute Gasteiger partial charge is 0.0611 e. The second-order valence-electron chi connectivity index (χ2n) is 5.81. The van der Waals surface area contributed by atoms with Gasteiger partial charge in [0.1, 0.15) is 0 Å². The second kappa shape index (κ2) is 5.03. The molecule has 3 N–H and O–H groups in total. The van der Waals surface area contributed by atoms with Crippen LogP contribution in [0.25, 0.3) is 0 Å². The third-order valence-electron chi connectivity index (χ3n) is 4.66. The van der Waals surface area contributed by atoms with E-state index in [1.165, 1.54) is 32.4 Å². The van der Waals surface area contributed by atoms with Crippen molar-refractivity contribution in [3.05, 3.63) is 0 Å². The molecule has 3 unspecified atom stereocenters. The lowest BCUT2D eigenvalue weighted by Crippen LogP contribution is -2.44. The molecule has 0 aromatic rings. The topological polar surface area (TPSA) is 49.5 Å². The third kappa shape index (κ3) is 2.58. The summed E-state index contributed by atoms with van der Waals surface area (Å²) in [6.45, 7) is 4.68. The molecule has 3 heteroatoms. The minimum atomic E-state index is -0.335. The monoisotopic (exact) mass is 226 g/mol. The zero-order valence-electron chi connectivity index (χ0n) is 10.5. The number of hydrogen-bond acceptors (Lipinski definition) is 3. The molecule has 3 atom stereocenters. The van der Waals surface area contributed by atoms with E-state index in [-0.39, 0.29) is 12.1 Å². The first-order valence-electron chi connectivity index (χ1n) is 6.80. The van der Waals surface area contributed by atoms with Crippen molar-refractivity contribution in [1.82, 2.24) is 4.90 Å². The van der Waals surface area contributed by atoms with Gasteiger partial charge in [-0.1, -0.05) is 6.92 Å². The van der Waals surface area contributed by atoms with E-state index in [9.17, 15) is 5.11 Å². The Hall–Kier alpha value is -0.120. The molecule has 2 bridgehead atoms. The highest BCUT2D eigenvalue weighted by molar-refractivity contribution is 4.92. The van der Waals surface area contributed by atoms with Crippen LogP contribution in [0, 0.1) is 5.92 Å². The number of nitrogens with two attached hydrogens (primary N) is 1. The Morgan fingerprint density at radius 3 is 2.75 bits per heavy atom. The minimum Gasteiger partial charge on any atom is -0.394 e. The Balaban J connectivity index is 1.68. The van der Waals surface area contributed by atoms with Crippen LogP contribution in [0.3, 0.4) is 0 Å². The lowest BCUT2D eigenvalue weighted by Gasteiger charge is -2.30. The standard InChI is InChI=1S/C13H26N2O/c1-2-13(14,10-16)6-3-7-15-9-11-4-5-12(15)8-11/h11-12,16H,2-10,14H2,1H3. The van der Waals surface area contributed by atoms with Crippen LogP contribution in [0.4, 0.5) is 0 Å². The highest BCUT2D eigenvalue weighted by Gasteiger charge is 2.37. The van der Waals surface area contributed by atoms with Crippen LogP contribution >= 0.6 is 0 Å². The minimum absolute atomic E-state index is 0.121. The van der Waals surface area contributed by atoms with Crippen molar-refractivity contribution >= 4 is 0 Å². The van der Waals surface area contributed by atoms with E-state index in [0.29, 0.717) is 0 Å². The summed E-state index contributed by atoms with van der Waals surface area (Å²) in [6, 6.07) is 0.868.